The van der Waals surface area contributed by atoms with Crippen molar-refractivity contribution in [1.82, 2.24) is 5.32 Å². The first-order valence-corrected chi connectivity index (χ1v) is 12.4. The van der Waals surface area contributed by atoms with Crippen LogP contribution in [0.3, 0.4) is 0 Å². The number of nitrogens with one attached hydrogen (secondary N) is 2. The molecule has 174 valence electrons. The summed E-state index contributed by atoms with van der Waals surface area (Å²) in [4.78, 5) is 12.6. The van der Waals surface area contributed by atoms with Gasteiger partial charge in [0.1, 0.15) is 11.5 Å². The molecule has 2 aromatic rings. The van der Waals surface area contributed by atoms with Gasteiger partial charge in [-0.2, -0.15) is 0 Å². The van der Waals surface area contributed by atoms with E-state index in [0.717, 1.165) is 34.5 Å². The summed E-state index contributed by atoms with van der Waals surface area (Å²) in [5.74, 6) is 1.78. The molecule has 0 atom stereocenters. The number of carbonyl (C=O) groups is 1. The van der Waals surface area contributed by atoms with Crippen molar-refractivity contribution in [2.24, 2.45) is 5.92 Å². The molecule has 1 amide bonds. The fraction of sp³-hybridized carbons (Fsp3) is 0.440. The summed E-state index contributed by atoms with van der Waals surface area (Å²) >= 11 is 8.79. The molecule has 0 aliphatic rings. The number of halogens is 1. The smallest absolute Gasteiger partial charge is 0.257 e. The highest BCUT2D eigenvalue weighted by atomic mass is 79.9. The Morgan fingerprint density at radius 1 is 1.06 bits per heavy atom. The van der Waals surface area contributed by atoms with Gasteiger partial charge in [0.05, 0.1) is 17.7 Å². The Kier molecular flexibility index (Phi) is 11.5. The average Bonchev–Trinajstić information content (AvgIpc) is 2.74. The van der Waals surface area contributed by atoms with Crippen molar-refractivity contribution in [1.29, 1.82) is 0 Å². The third-order valence-electron chi connectivity index (χ3n) is 4.73. The van der Waals surface area contributed by atoms with Crippen LogP contribution in [0.1, 0.15) is 63.2 Å². The van der Waals surface area contributed by atoms with E-state index in [9.17, 15) is 4.79 Å². The van der Waals surface area contributed by atoms with E-state index in [4.69, 9.17) is 21.7 Å². The number of thiocarbonyl (C=S) groups is 1. The molecule has 0 saturated carbocycles. The van der Waals surface area contributed by atoms with Crippen LogP contribution in [0.5, 0.6) is 11.5 Å². The molecular weight excluding hydrogens is 488 g/mol. The summed E-state index contributed by atoms with van der Waals surface area (Å²) in [5, 5.41) is 5.98. The van der Waals surface area contributed by atoms with Gasteiger partial charge >= 0.3 is 0 Å². The van der Waals surface area contributed by atoms with Gasteiger partial charge in [-0.1, -0.05) is 46.1 Å². The third kappa shape index (κ3) is 9.57. The number of anilines is 1. The minimum atomic E-state index is -0.291. The van der Waals surface area contributed by atoms with E-state index < -0.39 is 0 Å². The van der Waals surface area contributed by atoms with Crippen LogP contribution < -0.4 is 20.1 Å². The van der Waals surface area contributed by atoms with Crippen molar-refractivity contribution >= 4 is 44.9 Å². The fourth-order valence-electron chi connectivity index (χ4n) is 2.88. The van der Waals surface area contributed by atoms with Gasteiger partial charge in [0.25, 0.3) is 5.91 Å². The van der Waals surface area contributed by atoms with Gasteiger partial charge in [-0.15, -0.1) is 0 Å². The predicted molar refractivity (Wildman–Crippen MR) is 139 cm³/mol. The Hall–Kier alpha value is -2.12. The molecule has 0 bridgehead atoms. The lowest BCUT2D eigenvalue weighted by Gasteiger charge is -2.13. The largest absolute Gasteiger partial charge is 0.494 e. The van der Waals surface area contributed by atoms with Crippen LogP contribution in [0.25, 0.3) is 0 Å². The summed E-state index contributed by atoms with van der Waals surface area (Å²) in [7, 11) is 0. The Bertz CT molecular complexity index is 889. The van der Waals surface area contributed by atoms with Crippen molar-refractivity contribution < 1.29 is 14.3 Å². The number of ether oxygens (including phenoxy) is 2. The maximum Gasteiger partial charge on any atom is 0.257 e. The van der Waals surface area contributed by atoms with E-state index in [0.29, 0.717) is 24.7 Å². The second-order valence-electron chi connectivity index (χ2n) is 8.02. The van der Waals surface area contributed by atoms with E-state index in [1.165, 1.54) is 19.3 Å². The van der Waals surface area contributed by atoms with Crippen molar-refractivity contribution in [2.75, 3.05) is 18.5 Å². The van der Waals surface area contributed by atoms with Crippen molar-refractivity contribution in [3.05, 3.63) is 52.5 Å². The lowest BCUT2D eigenvalue weighted by Crippen LogP contribution is -2.34. The molecule has 0 heterocycles. The molecule has 2 aromatic carbocycles. The van der Waals surface area contributed by atoms with Gasteiger partial charge in [-0.05, 0) is 77.2 Å². The molecule has 0 aliphatic carbocycles. The van der Waals surface area contributed by atoms with Crippen LogP contribution in [-0.4, -0.2) is 24.2 Å². The standard InChI is InChI=1S/C25H33BrN2O3S/c1-4-5-6-7-14-30-21-10-8-9-20(17-21)27-25(32)28-24(29)19-11-12-23(22(26)16-19)31-15-13-18(2)3/h8-12,16-18H,4-7,13-15H2,1-3H3,(H2,27,28,29,32). The zero-order valence-electron chi connectivity index (χ0n) is 19.1. The number of hydrogen-bond donors (Lipinski definition) is 2. The van der Waals surface area contributed by atoms with E-state index in [-0.39, 0.29) is 11.0 Å². The predicted octanol–water partition coefficient (Wildman–Crippen LogP) is 6.96. The zero-order chi connectivity index (χ0) is 23.3. The van der Waals surface area contributed by atoms with Gasteiger partial charge in [-0.3, -0.25) is 10.1 Å². The molecule has 7 heteroatoms. The topological polar surface area (TPSA) is 59.6 Å². The van der Waals surface area contributed by atoms with Gasteiger partial charge in [0.15, 0.2) is 5.11 Å². The molecule has 2 rings (SSSR count). The van der Waals surface area contributed by atoms with Crippen LogP contribution in [0.4, 0.5) is 5.69 Å². The molecule has 0 aromatic heterocycles. The maximum atomic E-state index is 12.6. The summed E-state index contributed by atoms with van der Waals surface area (Å²) in [6.07, 6.45) is 5.61. The second-order valence-corrected chi connectivity index (χ2v) is 9.28. The van der Waals surface area contributed by atoms with Crippen LogP contribution in [0, 0.1) is 5.92 Å². The van der Waals surface area contributed by atoms with Crippen molar-refractivity contribution in [3.63, 3.8) is 0 Å². The highest BCUT2D eigenvalue weighted by Crippen LogP contribution is 2.26. The first-order chi connectivity index (χ1) is 15.4. The Morgan fingerprint density at radius 3 is 2.59 bits per heavy atom. The molecule has 0 aliphatic heterocycles. The lowest BCUT2D eigenvalue weighted by molar-refractivity contribution is 0.0977. The first-order valence-electron chi connectivity index (χ1n) is 11.2. The number of hydrogen-bond acceptors (Lipinski definition) is 4. The zero-order valence-corrected chi connectivity index (χ0v) is 21.5. The molecular formula is C25H33BrN2O3S. The van der Waals surface area contributed by atoms with Gasteiger partial charge in [0, 0.05) is 17.3 Å². The minimum Gasteiger partial charge on any atom is -0.494 e. The minimum absolute atomic E-state index is 0.225. The summed E-state index contributed by atoms with van der Waals surface area (Å²) in [6, 6.07) is 12.8. The van der Waals surface area contributed by atoms with Crippen LogP contribution in [0.15, 0.2) is 46.9 Å². The molecule has 0 fully saturated rings. The number of carbonyl (C=O) groups excluding carboxylic acids is 1. The quantitative estimate of drug-likeness (QED) is 0.234. The lowest BCUT2D eigenvalue weighted by atomic mass is 10.1. The number of unbranched alkanes of at least 4 members (excludes halogenated alkanes) is 3. The number of rotatable bonds is 12. The van der Waals surface area contributed by atoms with Gasteiger partial charge < -0.3 is 14.8 Å². The fourth-order valence-corrected chi connectivity index (χ4v) is 3.59. The summed E-state index contributed by atoms with van der Waals surface area (Å²) in [6.45, 7) is 7.82. The Labute approximate surface area is 205 Å². The van der Waals surface area contributed by atoms with Crippen LogP contribution in [-0.2, 0) is 0 Å². The SMILES string of the molecule is CCCCCCOc1cccc(NC(=S)NC(=O)c2ccc(OCCC(C)C)c(Br)c2)c1. The van der Waals surface area contributed by atoms with E-state index in [1.807, 2.05) is 24.3 Å². The molecule has 0 spiro atoms. The third-order valence-corrected chi connectivity index (χ3v) is 5.56. The molecule has 5 nitrogen and oxygen atoms in total. The van der Waals surface area contributed by atoms with Crippen molar-refractivity contribution in [2.45, 2.75) is 52.9 Å². The monoisotopic (exact) mass is 520 g/mol. The number of benzene rings is 2. The van der Waals surface area contributed by atoms with E-state index in [2.05, 4.69) is 47.3 Å². The molecule has 0 radical (unpaired) electrons. The van der Waals surface area contributed by atoms with Crippen molar-refractivity contribution in [3.8, 4) is 11.5 Å². The average molecular weight is 522 g/mol. The second kappa shape index (κ2) is 14.1. The Balaban J connectivity index is 1.85. The van der Waals surface area contributed by atoms with Gasteiger partial charge in [0.2, 0.25) is 0 Å². The highest BCUT2D eigenvalue weighted by Gasteiger charge is 2.11. The molecule has 32 heavy (non-hydrogen) atoms. The summed E-state index contributed by atoms with van der Waals surface area (Å²) in [5.41, 5.74) is 1.25. The van der Waals surface area contributed by atoms with E-state index >= 15 is 0 Å². The molecule has 2 N–H and O–H groups in total. The molecule has 0 saturated heterocycles. The van der Waals surface area contributed by atoms with Crippen LogP contribution in [0.2, 0.25) is 0 Å². The first kappa shape index (κ1) is 26.1. The normalized spacial score (nSPS) is 10.7. The molecule has 0 unspecified atom stereocenters. The van der Waals surface area contributed by atoms with Crippen LogP contribution >= 0.6 is 28.1 Å². The van der Waals surface area contributed by atoms with E-state index in [1.54, 1.807) is 18.2 Å². The number of amides is 1. The summed E-state index contributed by atoms with van der Waals surface area (Å²) < 4.78 is 12.3. The van der Waals surface area contributed by atoms with Gasteiger partial charge in [-0.25, -0.2) is 0 Å². The maximum absolute atomic E-state index is 12.6. The highest BCUT2D eigenvalue weighted by molar-refractivity contribution is 9.10. The Morgan fingerprint density at radius 2 is 1.88 bits per heavy atom.